The molecule has 21 heavy (non-hydrogen) atoms. The van der Waals surface area contributed by atoms with Crippen molar-refractivity contribution in [2.24, 2.45) is 11.8 Å². The van der Waals surface area contributed by atoms with Gasteiger partial charge in [-0.3, -0.25) is 0 Å². The van der Waals surface area contributed by atoms with Crippen LogP contribution in [0.25, 0.3) is 0 Å². The zero-order valence-corrected chi connectivity index (χ0v) is 14.6. The van der Waals surface area contributed by atoms with Crippen molar-refractivity contribution in [3.8, 4) is 0 Å². The quantitative estimate of drug-likeness (QED) is 0.752. The first-order chi connectivity index (χ1) is 10.1. The number of hydrogen-bond acceptors (Lipinski definition) is 2. The molecule has 1 N–H and O–H groups in total. The highest BCUT2D eigenvalue weighted by atomic mass is 16.3. The van der Waals surface area contributed by atoms with Crippen LogP contribution in [0.3, 0.4) is 0 Å². The Bertz CT molecular complexity index is 449. The smallest absolute Gasteiger partial charge is 0.106 e. The van der Waals surface area contributed by atoms with E-state index < -0.39 is 0 Å². The Morgan fingerprint density at radius 3 is 2.38 bits per heavy atom. The van der Waals surface area contributed by atoms with Crippen molar-refractivity contribution < 1.29 is 4.42 Å². The van der Waals surface area contributed by atoms with E-state index in [0.29, 0.717) is 6.04 Å². The van der Waals surface area contributed by atoms with Crippen molar-refractivity contribution in [3.05, 3.63) is 22.6 Å². The molecule has 0 aliphatic heterocycles. The molecule has 1 aliphatic carbocycles. The minimum Gasteiger partial charge on any atom is -0.466 e. The Labute approximate surface area is 130 Å². The van der Waals surface area contributed by atoms with Gasteiger partial charge in [0.25, 0.3) is 0 Å². The molecular formula is C19H33NO. The summed E-state index contributed by atoms with van der Waals surface area (Å²) < 4.78 is 5.93. The molecule has 0 bridgehead atoms. The van der Waals surface area contributed by atoms with Crippen LogP contribution in [-0.4, -0.2) is 6.54 Å². The van der Waals surface area contributed by atoms with Crippen molar-refractivity contribution in [1.82, 2.24) is 5.32 Å². The maximum absolute atomic E-state index is 5.93. The maximum Gasteiger partial charge on any atom is 0.106 e. The van der Waals surface area contributed by atoms with Crippen molar-refractivity contribution in [2.45, 2.75) is 79.2 Å². The summed E-state index contributed by atoms with van der Waals surface area (Å²) in [5.74, 6) is 3.85. The Hall–Kier alpha value is -0.760. The molecule has 0 saturated heterocycles. The number of furan rings is 1. The zero-order valence-electron chi connectivity index (χ0n) is 14.6. The van der Waals surface area contributed by atoms with Crippen molar-refractivity contribution in [3.63, 3.8) is 0 Å². The summed E-state index contributed by atoms with van der Waals surface area (Å²) in [4.78, 5) is 0. The van der Waals surface area contributed by atoms with E-state index in [4.69, 9.17) is 4.42 Å². The van der Waals surface area contributed by atoms with Crippen molar-refractivity contribution >= 4 is 0 Å². The molecule has 1 fully saturated rings. The molecule has 1 heterocycles. The average molecular weight is 291 g/mol. The molecule has 3 atom stereocenters. The number of nitrogens with one attached hydrogen (secondary N) is 1. The Morgan fingerprint density at radius 2 is 1.81 bits per heavy atom. The van der Waals surface area contributed by atoms with E-state index in [1.165, 1.54) is 49.7 Å². The summed E-state index contributed by atoms with van der Waals surface area (Å²) in [5.41, 5.74) is 2.81. The van der Waals surface area contributed by atoms with Gasteiger partial charge in [-0.1, -0.05) is 39.5 Å². The van der Waals surface area contributed by atoms with Gasteiger partial charge in [-0.15, -0.1) is 0 Å². The van der Waals surface area contributed by atoms with Crippen LogP contribution in [0.15, 0.2) is 4.42 Å². The molecule has 1 aliphatic rings. The third-order valence-electron chi connectivity index (χ3n) is 5.46. The summed E-state index contributed by atoms with van der Waals surface area (Å²) in [6.07, 6.45) is 8.07. The van der Waals surface area contributed by atoms with Gasteiger partial charge < -0.3 is 9.73 Å². The van der Waals surface area contributed by atoms with Crippen LogP contribution < -0.4 is 5.32 Å². The van der Waals surface area contributed by atoms with Crippen LogP contribution in [0.4, 0.5) is 0 Å². The molecule has 0 spiro atoms. The van der Waals surface area contributed by atoms with Gasteiger partial charge in [-0.25, -0.2) is 0 Å². The number of rotatable bonds is 6. The fraction of sp³-hybridized carbons (Fsp3) is 0.789. The van der Waals surface area contributed by atoms with E-state index in [1.54, 1.807) is 0 Å². The monoisotopic (exact) mass is 291 g/mol. The highest BCUT2D eigenvalue weighted by Gasteiger charge is 2.34. The lowest BCUT2D eigenvalue weighted by Crippen LogP contribution is -2.35. The summed E-state index contributed by atoms with van der Waals surface area (Å²) in [5, 5.41) is 3.85. The highest BCUT2D eigenvalue weighted by Crippen LogP contribution is 2.42. The molecule has 0 aromatic carbocycles. The van der Waals surface area contributed by atoms with Crippen LogP contribution in [0.1, 0.15) is 81.1 Å². The Kier molecular flexibility index (Phi) is 5.92. The fourth-order valence-corrected chi connectivity index (χ4v) is 4.22. The van der Waals surface area contributed by atoms with Crippen molar-refractivity contribution in [1.29, 1.82) is 0 Å². The van der Waals surface area contributed by atoms with E-state index in [2.05, 4.69) is 39.9 Å². The molecule has 1 saturated carbocycles. The van der Waals surface area contributed by atoms with Gasteiger partial charge in [-0.2, -0.15) is 0 Å². The summed E-state index contributed by atoms with van der Waals surface area (Å²) in [7, 11) is 0. The maximum atomic E-state index is 5.93. The minimum absolute atomic E-state index is 0.479. The lowest BCUT2D eigenvalue weighted by molar-refractivity contribution is 0.174. The standard InChI is InChI=1S/C19H33NO/c1-6-12-20-19(17-11-9-8-10-16(17)7-2)18-13(3)14(4)21-15(18)5/h16-17,19-20H,6-12H2,1-5H3. The van der Waals surface area contributed by atoms with Gasteiger partial charge in [0.15, 0.2) is 0 Å². The third kappa shape index (κ3) is 3.53. The molecule has 3 unspecified atom stereocenters. The van der Waals surface area contributed by atoms with E-state index in [-0.39, 0.29) is 0 Å². The first-order valence-corrected chi connectivity index (χ1v) is 8.89. The second-order valence-electron chi connectivity index (χ2n) is 6.80. The lowest BCUT2D eigenvalue weighted by Gasteiger charge is -2.38. The van der Waals surface area contributed by atoms with E-state index in [9.17, 15) is 0 Å². The van der Waals surface area contributed by atoms with Crippen LogP contribution >= 0.6 is 0 Å². The zero-order chi connectivity index (χ0) is 15.4. The molecule has 2 rings (SSSR count). The second-order valence-corrected chi connectivity index (χ2v) is 6.80. The summed E-state index contributed by atoms with van der Waals surface area (Å²) in [6.45, 7) is 12.2. The molecule has 1 aromatic rings. The molecule has 0 amide bonds. The summed E-state index contributed by atoms with van der Waals surface area (Å²) in [6, 6.07) is 0.479. The first-order valence-electron chi connectivity index (χ1n) is 8.89. The predicted molar refractivity (Wildman–Crippen MR) is 89.7 cm³/mol. The van der Waals surface area contributed by atoms with E-state index >= 15 is 0 Å². The van der Waals surface area contributed by atoms with E-state index in [1.807, 2.05) is 0 Å². The Balaban J connectivity index is 2.32. The van der Waals surface area contributed by atoms with Gasteiger partial charge in [0.1, 0.15) is 11.5 Å². The van der Waals surface area contributed by atoms with Gasteiger partial charge in [0.05, 0.1) is 0 Å². The van der Waals surface area contributed by atoms with Gasteiger partial charge in [-0.05, 0) is 57.6 Å². The normalized spacial score (nSPS) is 24.2. The first kappa shape index (κ1) is 16.6. The van der Waals surface area contributed by atoms with Crippen LogP contribution in [-0.2, 0) is 0 Å². The van der Waals surface area contributed by atoms with Crippen molar-refractivity contribution in [2.75, 3.05) is 6.54 Å². The number of aryl methyl sites for hydroxylation is 2. The molecule has 2 nitrogen and oxygen atoms in total. The van der Waals surface area contributed by atoms with E-state index in [0.717, 1.165) is 29.9 Å². The third-order valence-corrected chi connectivity index (χ3v) is 5.46. The molecular weight excluding hydrogens is 258 g/mol. The SMILES string of the molecule is CCCNC(c1c(C)oc(C)c1C)C1CCCCC1CC. The largest absolute Gasteiger partial charge is 0.466 e. The van der Waals surface area contributed by atoms with Crippen LogP contribution in [0, 0.1) is 32.6 Å². The van der Waals surface area contributed by atoms with Crippen LogP contribution in [0.2, 0.25) is 0 Å². The average Bonchev–Trinajstić information content (AvgIpc) is 2.74. The predicted octanol–water partition coefficient (Wildman–Crippen LogP) is 5.46. The topological polar surface area (TPSA) is 25.2 Å². The fourth-order valence-electron chi connectivity index (χ4n) is 4.22. The van der Waals surface area contributed by atoms with Gasteiger partial charge in [0, 0.05) is 11.6 Å². The van der Waals surface area contributed by atoms with Gasteiger partial charge >= 0.3 is 0 Å². The van der Waals surface area contributed by atoms with Crippen LogP contribution in [0.5, 0.6) is 0 Å². The molecule has 1 aromatic heterocycles. The highest BCUT2D eigenvalue weighted by molar-refractivity contribution is 5.35. The minimum atomic E-state index is 0.479. The molecule has 2 heteroatoms. The number of hydrogen-bond donors (Lipinski definition) is 1. The van der Waals surface area contributed by atoms with Gasteiger partial charge in [0.2, 0.25) is 0 Å². The second kappa shape index (κ2) is 7.49. The Morgan fingerprint density at radius 1 is 1.10 bits per heavy atom. The molecule has 120 valence electrons. The molecule has 0 radical (unpaired) electrons. The lowest BCUT2D eigenvalue weighted by atomic mass is 9.72. The summed E-state index contributed by atoms with van der Waals surface area (Å²) >= 11 is 0.